The molecule has 0 saturated carbocycles. The Morgan fingerprint density at radius 2 is 1.57 bits per heavy atom. The van der Waals surface area contributed by atoms with Gasteiger partial charge in [-0.25, -0.2) is 10.3 Å². The fourth-order valence-corrected chi connectivity index (χ4v) is 5.80. The van der Waals surface area contributed by atoms with E-state index in [1.165, 1.54) is 15.5 Å². The molecule has 0 spiro atoms. The van der Waals surface area contributed by atoms with Gasteiger partial charge in [0.05, 0.1) is 6.42 Å². The third kappa shape index (κ3) is 7.26. The summed E-state index contributed by atoms with van der Waals surface area (Å²) < 4.78 is 7.02. The number of hydroxylamine groups is 1. The molecule has 3 amide bonds. The first kappa shape index (κ1) is 32.2. The number of nitrogens with one attached hydrogen (secondary N) is 2. The maximum absolute atomic E-state index is 14.2. The zero-order valence-electron chi connectivity index (χ0n) is 25.6. The monoisotopic (exact) mass is 600 g/mol. The molecule has 1 saturated heterocycles. The van der Waals surface area contributed by atoms with Crippen molar-refractivity contribution < 1.29 is 24.3 Å². The van der Waals surface area contributed by atoms with Crippen molar-refractivity contribution in [2.24, 2.45) is 0 Å². The highest BCUT2D eigenvalue weighted by Crippen LogP contribution is 2.39. The van der Waals surface area contributed by atoms with Crippen LogP contribution in [0.2, 0.25) is 0 Å². The average molecular weight is 601 g/mol. The van der Waals surface area contributed by atoms with E-state index in [0.29, 0.717) is 17.7 Å². The van der Waals surface area contributed by atoms with Gasteiger partial charge in [-0.3, -0.25) is 29.1 Å². The SMILES string of the molecule is C=C1CCN(C(=O)OC(C)(C)C)C(CC(=O)NO)(n2c(C)ccc(NC(=O)CC(c3ccccc3)c3ccccc3)c2=O)C1. The number of benzene rings is 2. The van der Waals surface area contributed by atoms with Gasteiger partial charge in [0, 0.05) is 31.0 Å². The lowest BCUT2D eigenvalue weighted by molar-refractivity contribution is -0.135. The Kier molecular flexibility index (Phi) is 9.74. The van der Waals surface area contributed by atoms with Crippen LogP contribution in [0.15, 0.2) is 89.7 Å². The topological polar surface area (TPSA) is 130 Å². The summed E-state index contributed by atoms with van der Waals surface area (Å²) in [4.78, 5) is 55.4. The van der Waals surface area contributed by atoms with Gasteiger partial charge in [0.25, 0.3) is 5.56 Å². The number of carbonyl (C=O) groups is 3. The van der Waals surface area contributed by atoms with Gasteiger partial charge in [-0.2, -0.15) is 0 Å². The maximum atomic E-state index is 14.2. The number of aromatic nitrogens is 1. The third-order valence-corrected chi connectivity index (χ3v) is 7.67. The average Bonchev–Trinajstić information content (AvgIpc) is 2.97. The van der Waals surface area contributed by atoms with Gasteiger partial charge in [-0.15, -0.1) is 0 Å². The summed E-state index contributed by atoms with van der Waals surface area (Å²) in [5, 5.41) is 12.3. The Hall–Kier alpha value is -4.70. The Morgan fingerprint density at radius 3 is 2.11 bits per heavy atom. The van der Waals surface area contributed by atoms with Crippen molar-refractivity contribution in [3.8, 4) is 0 Å². The number of likely N-dealkylation sites (tertiary alicyclic amines) is 1. The number of ether oxygens (including phenoxy) is 1. The number of amides is 3. The minimum atomic E-state index is -1.59. The highest BCUT2D eigenvalue weighted by molar-refractivity contribution is 5.91. The zero-order chi connectivity index (χ0) is 32.1. The molecule has 1 fully saturated rings. The molecule has 44 heavy (non-hydrogen) atoms. The molecule has 10 nitrogen and oxygen atoms in total. The summed E-state index contributed by atoms with van der Waals surface area (Å²) in [5.74, 6) is -1.44. The van der Waals surface area contributed by atoms with Crippen LogP contribution in [0, 0.1) is 6.92 Å². The van der Waals surface area contributed by atoms with Crippen LogP contribution in [-0.4, -0.2) is 44.7 Å². The number of pyridine rings is 1. The van der Waals surface area contributed by atoms with Gasteiger partial charge in [-0.05, 0) is 57.4 Å². The highest BCUT2D eigenvalue weighted by atomic mass is 16.6. The van der Waals surface area contributed by atoms with E-state index in [-0.39, 0.29) is 36.9 Å². The van der Waals surface area contributed by atoms with E-state index in [1.54, 1.807) is 39.2 Å². The Bertz CT molecular complexity index is 1540. The lowest BCUT2D eigenvalue weighted by Crippen LogP contribution is -2.61. The molecular weight excluding hydrogens is 560 g/mol. The zero-order valence-corrected chi connectivity index (χ0v) is 25.6. The van der Waals surface area contributed by atoms with Crippen LogP contribution in [0.5, 0.6) is 0 Å². The Morgan fingerprint density at radius 1 is 0.977 bits per heavy atom. The Labute approximate surface area is 257 Å². The molecule has 10 heteroatoms. The first-order valence-electron chi connectivity index (χ1n) is 14.6. The number of aryl methyl sites for hydroxylation is 1. The van der Waals surface area contributed by atoms with Crippen molar-refractivity contribution in [3.63, 3.8) is 0 Å². The summed E-state index contributed by atoms with van der Waals surface area (Å²) in [6, 6.07) is 22.5. The van der Waals surface area contributed by atoms with Crippen molar-refractivity contribution in [1.29, 1.82) is 0 Å². The van der Waals surface area contributed by atoms with Crippen molar-refractivity contribution >= 4 is 23.6 Å². The van der Waals surface area contributed by atoms with Crippen LogP contribution in [0.3, 0.4) is 0 Å². The standard InChI is InChI=1S/C34H40N4O6/c1-23-18-19-37(32(42)44-33(3,4)5)34(21-23,22-30(40)36-43)38-24(2)16-17-28(31(38)41)35-29(39)20-27(25-12-8-6-9-13-25)26-14-10-7-11-15-26/h6-17,27,43H,1,18-22H2,2-5H3,(H,35,39)(H,36,40). The van der Waals surface area contributed by atoms with E-state index in [1.807, 2.05) is 60.7 Å². The quantitative estimate of drug-likeness (QED) is 0.179. The second-order valence-corrected chi connectivity index (χ2v) is 12.2. The molecular formula is C34H40N4O6. The van der Waals surface area contributed by atoms with E-state index in [4.69, 9.17) is 4.74 Å². The molecule has 1 aromatic heterocycles. The molecule has 3 aromatic rings. The number of hydrogen-bond acceptors (Lipinski definition) is 6. The molecule has 2 aromatic carbocycles. The second-order valence-electron chi connectivity index (χ2n) is 12.2. The van der Waals surface area contributed by atoms with E-state index >= 15 is 0 Å². The van der Waals surface area contributed by atoms with Crippen molar-refractivity contribution in [2.45, 2.75) is 70.6 Å². The predicted molar refractivity (Wildman–Crippen MR) is 167 cm³/mol. The highest BCUT2D eigenvalue weighted by Gasteiger charge is 2.49. The van der Waals surface area contributed by atoms with Gasteiger partial charge in [0.1, 0.15) is 17.0 Å². The predicted octanol–water partition coefficient (Wildman–Crippen LogP) is 5.45. The molecule has 1 aliphatic rings. The van der Waals surface area contributed by atoms with Crippen molar-refractivity contribution in [3.05, 3.63) is 112 Å². The summed E-state index contributed by atoms with van der Waals surface area (Å²) in [6.45, 7) is 11.1. The normalized spacial score (nSPS) is 16.9. The first-order chi connectivity index (χ1) is 20.8. The van der Waals surface area contributed by atoms with Crippen LogP contribution in [-0.2, 0) is 20.0 Å². The number of carbonyl (C=O) groups excluding carboxylic acids is 3. The fraction of sp³-hybridized carbons (Fsp3) is 0.353. The van der Waals surface area contributed by atoms with Gasteiger partial charge in [0.2, 0.25) is 11.8 Å². The second kappa shape index (κ2) is 13.3. The molecule has 1 atom stereocenters. The molecule has 3 N–H and O–H groups in total. The Balaban J connectivity index is 1.76. The lowest BCUT2D eigenvalue weighted by atomic mass is 9.87. The van der Waals surface area contributed by atoms with E-state index < -0.39 is 35.2 Å². The smallest absolute Gasteiger partial charge is 0.412 e. The molecule has 232 valence electrons. The largest absolute Gasteiger partial charge is 0.444 e. The fourth-order valence-electron chi connectivity index (χ4n) is 5.80. The molecule has 4 rings (SSSR count). The van der Waals surface area contributed by atoms with Gasteiger partial charge in [0.15, 0.2) is 0 Å². The van der Waals surface area contributed by atoms with Crippen LogP contribution >= 0.6 is 0 Å². The first-order valence-corrected chi connectivity index (χ1v) is 14.6. The number of anilines is 1. The van der Waals surface area contributed by atoms with Gasteiger partial charge in [-0.1, -0.05) is 72.8 Å². The van der Waals surface area contributed by atoms with Crippen LogP contribution in [0.1, 0.15) is 69.2 Å². The number of hydrogen-bond donors (Lipinski definition) is 3. The minimum absolute atomic E-state index is 0.00965. The van der Waals surface area contributed by atoms with Crippen molar-refractivity contribution in [2.75, 3.05) is 11.9 Å². The van der Waals surface area contributed by atoms with Crippen molar-refractivity contribution in [1.82, 2.24) is 14.9 Å². The summed E-state index contributed by atoms with van der Waals surface area (Å²) in [6.07, 6.45) is -0.608. The number of nitrogens with zero attached hydrogens (tertiary/aromatic N) is 2. The molecule has 1 aliphatic heterocycles. The summed E-state index contributed by atoms with van der Waals surface area (Å²) in [5.41, 5.74) is 1.64. The van der Waals surface area contributed by atoms with Gasteiger partial charge >= 0.3 is 6.09 Å². The molecule has 1 unspecified atom stereocenters. The van der Waals surface area contributed by atoms with E-state index in [2.05, 4.69) is 11.9 Å². The molecule has 2 heterocycles. The van der Waals surface area contributed by atoms with Gasteiger partial charge < -0.3 is 10.1 Å². The van der Waals surface area contributed by atoms with Crippen LogP contribution in [0.4, 0.5) is 10.5 Å². The summed E-state index contributed by atoms with van der Waals surface area (Å²) in [7, 11) is 0. The van der Waals surface area contributed by atoms with Crippen LogP contribution in [0.25, 0.3) is 0 Å². The summed E-state index contributed by atoms with van der Waals surface area (Å²) >= 11 is 0. The minimum Gasteiger partial charge on any atom is -0.444 e. The van der Waals surface area contributed by atoms with Crippen LogP contribution < -0.4 is 16.4 Å². The number of rotatable bonds is 8. The molecule has 0 radical (unpaired) electrons. The van der Waals surface area contributed by atoms with E-state index in [0.717, 1.165) is 11.1 Å². The maximum Gasteiger partial charge on any atom is 0.412 e. The lowest BCUT2D eigenvalue weighted by Gasteiger charge is -2.49. The number of piperidine rings is 1. The molecule has 0 bridgehead atoms. The third-order valence-electron chi connectivity index (χ3n) is 7.67. The van der Waals surface area contributed by atoms with E-state index in [9.17, 15) is 24.4 Å². The molecule has 0 aliphatic carbocycles.